The lowest BCUT2D eigenvalue weighted by Crippen LogP contribution is -2.45. The molecule has 0 aliphatic rings. The number of benzene rings is 1. The molecule has 0 aliphatic heterocycles. The van der Waals surface area contributed by atoms with Crippen LogP contribution < -0.4 is 37.9 Å². The van der Waals surface area contributed by atoms with Crippen molar-refractivity contribution in [2.45, 2.75) is 6.42 Å². The first kappa shape index (κ1) is 17.9. The third-order valence-electron chi connectivity index (χ3n) is 3.28. The van der Waals surface area contributed by atoms with E-state index >= 15 is 0 Å². The van der Waals surface area contributed by atoms with Crippen LogP contribution in [0.1, 0.15) is 11.1 Å². The van der Waals surface area contributed by atoms with Gasteiger partial charge in [-0.25, -0.2) is 31.3 Å². The van der Waals surface area contributed by atoms with Gasteiger partial charge in [0.1, 0.15) is 5.75 Å². The number of anilines is 2. The molecular weight excluding hydrogens is 328 g/mol. The summed E-state index contributed by atoms with van der Waals surface area (Å²) < 4.78 is 5.17. The first-order valence-corrected chi connectivity index (χ1v) is 7.00. The molecule has 0 atom stereocenters. The Kier molecular flexibility index (Phi) is 5.31. The van der Waals surface area contributed by atoms with Crippen molar-refractivity contribution in [1.82, 2.24) is 9.97 Å². The fourth-order valence-electron chi connectivity index (χ4n) is 2.04. The lowest BCUT2D eigenvalue weighted by atomic mass is 10.1. The predicted octanol–water partition coefficient (Wildman–Crippen LogP) is -0.406. The number of rotatable bonds is 5. The molecule has 0 unspecified atom stereocenters. The van der Waals surface area contributed by atoms with Crippen molar-refractivity contribution in [2.75, 3.05) is 17.1 Å². The molecule has 132 valence electrons. The molecule has 1 aromatic heterocycles. The van der Waals surface area contributed by atoms with Crippen molar-refractivity contribution in [2.24, 2.45) is 23.2 Å². The standard InChI is InChI=1S/C14H18N8O3/c1-25-10-4-2-3-8(6-10)5-9-7-19-14(22(18)13(16)24)20-11(9)21(17)12(15)23/h2-4,6-7H,5,17-18H2,1H3,(H2,15,23)(H2,16,24). The molecule has 0 bridgehead atoms. The molecule has 2 rings (SSSR count). The molecule has 2 aromatic rings. The maximum absolute atomic E-state index is 11.4. The topological polar surface area (TPSA) is 180 Å². The van der Waals surface area contributed by atoms with Crippen molar-refractivity contribution in [1.29, 1.82) is 0 Å². The van der Waals surface area contributed by atoms with Gasteiger partial charge in [0.15, 0.2) is 5.82 Å². The lowest BCUT2D eigenvalue weighted by molar-refractivity contribution is 0.253. The van der Waals surface area contributed by atoms with E-state index in [1.165, 1.54) is 6.20 Å². The number of carbonyl (C=O) groups excluding carboxylic acids is 2. The highest BCUT2D eigenvalue weighted by Gasteiger charge is 2.20. The van der Waals surface area contributed by atoms with Crippen molar-refractivity contribution < 1.29 is 14.3 Å². The zero-order chi connectivity index (χ0) is 18.6. The molecule has 0 fully saturated rings. The molecule has 1 aromatic carbocycles. The molecule has 0 aliphatic carbocycles. The minimum Gasteiger partial charge on any atom is -0.497 e. The predicted molar refractivity (Wildman–Crippen MR) is 90.3 cm³/mol. The Balaban J connectivity index is 2.45. The lowest BCUT2D eigenvalue weighted by Gasteiger charge is -2.19. The first-order valence-electron chi connectivity index (χ1n) is 7.00. The summed E-state index contributed by atoms with van der Waals surface area (Å²) in [5.74, 6) is 11.6. The van der Waals surface area contributed by atoms with Crippen LogP contribution in [0.4, 0.5) is 21.4 Å². The Labute approximate surface area is 143 Å². The second kappa shape index (κ2) is 7.42. The molecule has 1 heterocycles. The smallest absolute Gasteiger partial charge is 0.336 e. The number of aromatic nitrogens is 2. The van der Waals surface area contributed by atoms with E-state index in [0.717, 1.165) is 5.56 Å². The van der Waals surface area contributed by atoms with Gasteiger partial charge in [-0.2, -0.15) is 9.99 Å². The van der Waals surface area contributed by atoms with Gasteiger partial charge < -0.3 is 16.2 Å². The quantitative estimate of drug-likeness (QED) is 0.322. The average molecular weight is 346 g/mol. The van der Waals surface area contributed by atoms with Gasteiger partial charge in [-0.1, -0.05) is 12.1 Å². The second-order valence-corrected chi connectivity index (χ2v) is 4.96. The van der Waals surface area contributed by atoms with Gasteiger partial charge >= 0.3 is 12.1 Å². The van der Waals surface area contributed by atoms with Crippen molar-refractivity contribution in [3.63, 3.8) is 0 Å². The van der Waals surface area contributed by atoms with Gasteiger partial charge in [0, 0.05) is 18.2 Å². The van der Waals surface area contributed by atoms with Gasteiger partial charge in [0.25, 0.3) is 5.95 Å². The van der Waals surface area contributed by atoms with E-state index in [9.17, 15) is 9.59 Å². The van der Waals surface area contributed by atoms with E-state index in [0.29, 0.717) is 27.8 Å². The monoisotopic (exact) mass is 346 g/mol. The van der Waals surface area contributed by atoms with E-state index in [-0.39, 0.29) is 11.8 Å². The Morgan fingerprint density at radius 1 is 1.16 bits per heavy atom. The van der Waals surface area contributed by atoms with Crippen LogP contribution in [-0.4, -0.2) is 29.1 Å². The first-order chi connectivity index (χ1) is 11.8. The van der Waals surface area contributed by atoms with Gasteiger partial charge in [-0.15, -0.1) is 0 Å². The molecule has 0 saturated carbocycles. The van der Waals surface area contributed by atoms with Crippen LogP contribution in [0.3, 0.4) is 0 Å². The van der Waals surface area contributed by atoms with Crippen molar-refractivity contribution >= 4 is 23.8 Å². The molecule has 11 nitrogen and oxygen atoms in total. The van der Waals surface area contributed by atoms with E-state index in [2.05, 4.69) is 9.97 Å². The van der Waals surface area contributed by atoms with E-state index in [4.69, 9.17) is 27.9 Å². The van der Waals surface area contributed by atoms with Gasteiger partial charge in [-0.3, -0.25) is 0 Å². The summed E-state index contributed by atoms with van der Waals surface area (Å²) in [6, 6.07) is 5.34. The maximum Gasteiger partial charge on any atom is 0.336 e. The van der Waals surface area contributed by atoms with Crippen LogP contribution >= 0.6 is 0 Å². The van der Waals surface area contributed by atoms with Crippen LogP contribution in [-0.2, 0) is 6.42 Å². The normalized spacial score (nSPS) is 10.2. The maximum atomic E-state index is 11.4. The molecule has 0 spiro atoms. The number of nitrogens with two attached hydrogens (primary N) is 4. The Morgan fingerprint density at radius 2 is 1.84 bits per heavy atom. The van der Waals surface area contributed by atoms with E-state index in [1.807, 2.05) is 18.2 Å². The molecule has 25 heavy (non-hydrogen) atoms. The average Bonchev–Trinajstić information content (AvgIpc) is 2.60. The molecule has 11 heteroatoms. The van der Waals surface area contributed by atoms with Gasteiger partial charge in [-0.05, 0) is 17.7 Å². The fourth-order valence-corrected chi connectivity index (χ4v) is 2.04. The molecule has 0 saturated heterocycles. The Bertz CT molecular complexity index is 797. The molecule has 8 N–H and O–H groups in total. The largest absolute Gasteiger partial charge is 0.497 e. The van der Waals surface area contributed by atoms with Crippen molar-refractivity contribution in [3.8, 4) is 5.75 Å². The third-order valence-corrected chi connectivity index (χ3v) is 3.28. The number of ether oxygens (including phenoxy) is 1. The molecule has 4 amide bonds. The summed E-state index contributed by atoms with van der Waals surface area (Å²) >= 11 is 0. The highest BCUT2D eigenvalue weighted by molar-refractivity contribution is 5.90. The van der Waals surface area contributed by atoms with E-state index in [1.54, 1.807) is 13.2 Å². The summed E-state index contributed by atoms with van der Waals surface area (Å²) in [5.41, 5.74) is 11.6. The highest BCUT2D eigenvalue weighted by Crippen LogP contribution is 2.23. The second-order valence-electron chi connectivity index (χ2n) is 4.96. The number of hydrogen-bond donors (Lipinski definition) is 4. The van der Waals surface area contributed by atoms with Crippen LogP contribution in [0.5, 0.6) is 5.75 Å². The number of primary amides is 2. The number of amides is 4. The fraction of sp³-hybridized carbons (Fsp3) is 0.143. The number of nitrogens with zero attached hydrogens (tertiary/aromatic N) is 4. The summed E-state index contributed by atoms with van der Waals surface area (Å²) in [6.45, 7) is 0. The zero-order valence-corrected chi connectivity index (χ0v) is 13.4. The minimum absolute atomic E-state index is 0.00276. The Hall–Kier alpha value is -3.44. The number of methoxy groups -OCH3 is 1. The van der Waals surface area contributed by atoms with Gasteiger partial charge in [0.05, 0.1) is 7.11 Å². The molecule has 0 radical (unpaired) electrons. The number of carbonyl (C=O) groups is 2. The Morgan fingerprint density at radius 3 is 2.44 bits per heavy atom. The highest BCUT2D eigenvalue weighted by atomic mass is 16.5. The minimum atomic E-state index is -0.978. The summed E-state index contributed by atoms with van der Waals surface area (Å²) in [6.07, 6.45) is 1.71. The summed E-state index contributed by atoms with van der Waals surface area (Å²) in [7, 11) is 1.55. The van der Waals surface area contributed by atoms with Gasteiger partial charge in [0.2, 0.25) is 0 Å². The molecular formula is C14H18N8O3. The van der Waals surface area contributed by atoms with Crippen LogP contribution in [0.2, 0.25) is 0 Å². The number of hydrogen-bond acceptors (Lipinski definition) is 7. The van der Waals surface area contributed by atoms with Crippen molar-refractivity contribution in [3.05, 3.63) is 41.6 Å². The summed E-state index contributed by atoms with van der Waals surface area (Å²) in [4.78, 5) is 30.6. The van der Waals surface area contributed by atoms with Crippen LogP contribution in [0, 0.1) is 0 Å². The van der Waals surface area contributed by atoms with Crippen LogP contribution in [0.15, 0.2) is 30.5 Å². The van der Waals surface area contributed by atoms with Crippen LogP contribution in [0.25, 0.3) is 0 Å². The van der Waals surface area contributed by atoms with E-state index < -0.39 is 12.1 Å². The summed E-state index contributed by atoms with van der Waals surface area (Å²) in [5, 5.41) is 1.16. The zero-order valence-electron chi connectivity index (χ0n) is 13.4. The number of hydrazine groups is 2. The third kappa shape index (κ3) is 4.10. The SMILES string of the molecule is COc1cccc(Cc2cnc(N(N)C(N)=O)nc2N(N)C(N)=O)c1. The number of urea groups is 2.